The van der Waals surface area contributed by atoms with Crippen LogP contribution in [0.3, 0.4) is 0 Å². The van der Waals surface area contributed by atoms with Crippen molar-refractivity contribution in [1.82, 2.24) is 15.3 Å². The highest BCUT2D eigenvalue weighted by Crippen LogP contribution is 2.22. The maximum atomic E-state index is 12.0. The quantitative estimate of drug-likeness (QED) is 0.843. The van der Waals surface area contributed by atoms with Crippen LogP contribution in [0.15, 0.2) is 30.6 Å². The Hall–Kier alpha value is -1.81. The summed E-state index contributed by atoms with van der Waals surface area (Å²) in [6.45, 7) is 0.762. The molecular weight excluding hydrogens is 310 g/mol. The summed E-state index contributed by atoms with van der Waals surface area (Å²) >= 11 is 5.87. The predicted molar refractivity (Wildman–Crippen MR) is 95.7 cm³/mol. The molecule has 1 atom stereocenters. The number of hydrogen-bond acceptors (Lipinski definition) is 2. The third-order valence-electron chi connectivity index (χ3n) is 4.46. The van der Waals surface area contributed by atoms with Crippen LogP contribution in [0.5, 0.6) is 0 Å². The normalized spacial score (nSPS) is 16.8. The largest absolute Gasteiger partial charge is 0.356 e. The van der Waals surface area contributed by atoms with Gasteiger partial charge >= 0.3 is 0 Å². The van der Waals surface area contributed by atoms with E-state index in [1.807, 2.05) is 24.3 Å². The average Bonchev–Trinajstić information content (AvgIpc) is 3.02. The van der Waals surface area contributed by atoms with Gasteiger partial charge in [-0.2, -0.15) is 0 Å². The molecule has 0 radical (unpaired) electrons. The number of H-pyrrole nitrogens is 1. The predicted octanol–water partition coefficient (Wildman–Crippen LogP) is 3.80. The lowest BCUT2D eigenvalue weighted by Gasteiger charge is -2.21. The van der Waals surface area contributed by atoms with E-state index in [-0.39, 0.29) is 8.76 Å². The van der Waals surface area contributed by atoms with Gasteiger partial charge in [0.25, 0.3) is 0 Å². The monoisotopic (exact) mass is 335 g/mol. The summed E-state index contributed by atoms with van der Waals surface area (Å²) in [4.78, 5) is 19.5. The van der Waals surface area contributed by atoms with Crippen LogP contribution in [-0.4, -0.2) is 22.4 Å². The van der Waals surface area contributed by atoms with Gasteiger partial charge in [0, 0.05) is 26.5 Å². The SMILES string of the molecule is O=C(CCCc1ccc(Cl)cc1)NCC1CCc2nc[nH]c2C1.[HH].[HH]. The van der Waals surface area contributed by atoms with E-state index in [2.05, 4.69) is 15.3 Å². The second-order valence-electron chi connectivity index (χ2n) is 6.22. The van der Waals surface area contributed by atoms with Gasteiger partial charge in [-0.15, -0.1) is 0 Å². The number of nitrogens with one attached hydrogen (secondary N) is 2. The highest BCUT2D eigenvalue weighted by Gasteiger charge is 2.20. The molecule has 0 spiro atoms. The van der Waals surface area contributed by atoms with Crippen LogP contribution >= 0.6 is 11.6 Å². The molecule has 2 aromatic rings. The van der Waals surface area contributed by atoms with Crippen molar-refractivity contribution in [3.05, 3.63) is 52.6 Å². The maximum absolute atomic E-state index is 12.0. The molecule has 1 aromatic heterocycles. The number of aryl methyl sites for hydroxylation is 2. The standard InChI is InChI=1S/C18H22ClN3O.2H2/c19-15-7-4-13(5-8-15)2-1-3-18(23)20-11-14-6-9-16-17(10-14)22-12-21-16;;/h4-5,7-8,12,14H,1-3,6,9-11H2,(H,20,23)(H,21,22);2*1H. The molecule has 5 heteroatoms. The number of amides is 1. The van der Waals surface area contributed by atoms with E-state index in [9.17, 15) is 4.79 Å². The number of imidazole rings is 1. The zero-order valence-electron chi connectivity index (χ0n) is 13.1. The van der Waals surface area contributed by atoms with Crippen molar-refractivity contribution >= 4 is 17.5 Å². The number of aromatic nitrogens is 2. The molecule has 1 heterocycles. The maximum Gasteiger partial charge on any atom is 0.220 e. The highest BCUT2D eigenvalue weighted by atomic mass is 35.5. The van der Waals surface area contributed by atoms with E-state index >= 15 is 0 Å². The molecule has 0 saturated heterocycles. The minimum Gasteiger partial charge on any atom is -0.356 e. The summed E-state index contributed by atoms with van der Waals surface area (Å²) in [7, 11) is 0. The zero-order chi connectivity index (χ0) is 16.1. The number of nitrogens with zero attached hydrogens (tertiary/aromatic N) is 1. The van der Waals surface area contributed by atoms with Crippen LogP contribution < -0.4 is 5.32 Å². The van der Waals surface area contributed by atoms with Gasteiger partial charge in [-0.3, -0.25) is 4.79 Å². The highest BCUT2D eigenvalue weighted by molar-refractivity contribution is 6.30. The first kappa shape index (κ1) is 16.1. The van der Waals surface area contributed by atoms with E-state index in [4.69, 9.17) is 11.6 Å². The number of halogens is 1. The molecular formula is C18H26ClN3O. The second-order valence-corrected chi connectivity index (χ2v) is 6.66. The van der Waals surface area contributed by atoms with Gasteiger partial charge in [0.2, 0.25) is 5.91 Å². The Morgan fingerprint density at radius 2 is 2.22 bits per heavy atom. The fourth-order valence-corrected chi connectivity index (χ4v) is 3.22. The summed E-state index contributed by atoms with van der Waals surface area (Å²) in [5.74, 6) is 0.664. The zero-order valence-corrected chi connectivity index (χ0v) is 13.9. The molecule has 4 nitrogen and oxygen atoms in total. The van der Waals surface area contributed by atoms with E-state index in [1.165, 1.54) is 17.0 Å². The van der Waals surface area contributed by atoms with Gasteiger partial charge in [-0.1, -0.05) is 23.7 Å². The number of rotatable bonds is 6. The van der Waals surface area contributed by atoms with Gasteiger partial charge in [-0.25, -0.2) is 4.98 Å². The Morgan fingerprint density at radius 1 is 1.39 bits per heavy atom. The fraction of sp³-hybridized carbons (Fsp3) is 0.444. The lowest BCUT2D eigenvalue weighted by Crippen LogP contribution is -2.31. The summed E-state index contributed by atoms with van der Waals surface area (Å²) < 4.78 is 0. The Kier molecular flexibility index (Phi) is 5.34. The molecule has 0 fully saturated rings. The second kappa shape index (κ2) is 7.64. The number of fused-ring (bicyclic) bond motifs is 1. The van der Waals surface area contributed by atoms with Crippen LogP contribution in [0, 0.1) is 5.92 Å². The van der Waals surface area contributed by atoms with Gasteiger partial charge in [0.15, 0.2) is 0 Å². The lowest BCUT2D eigenvalue weighted by molar-refractivity contribution is -0.121. The van der Waals surface area contributed by atoms with Crippen molar-refractivity contribution < 1.29 is 7.65 Å². The van der Waals surface area contributed by atoms with Crippen molar-refractivity contribution in [2.24, 2.45) is 5.92 Å². The Morgan fingerprint density at radius 3 is 3.04 bits per heavy atom. The van der Waals surface area contributed by atoms with Crippen LogP contribution in [-0.2, 0) is 24.1 Å². The van der Waals surface area contributed by atoms with E-state index in [1.54, 1.807) is 6.33 Å². The molecule has 0 aliphatic heterocycles. The van der Waals surface area contributed by atoms with E-state index < -0.39 is 0 Å². The first-order valence-electron chi connectivity index (χ1n) is 8.23. The minimum absolute atomic E-state index is 0. The third kappa shape index (κ3) is 4.58. The summed E-state index contributed by atoms with van der Waals surface area (Å²) in [6.07, 6.45) is 7.21. The number of carbonyl (C=O) groups is 1. The van der Waals surface area contributed by atoms with Crippen molar-refractivity contribution in [2.75, 3.05) is 6.54 Å². The van der Waals surface area contributed by atoms with Crippen molar-refractivity contribution in [3.8, 4) is 0 Å². The third-order valence-corrected chi connectivity index (χ3v) is 4.71. The molecule has 1 aliphatic rings. The molecule has 2 N–H and O–H groups in total. The lowest BCUT2D eigenvalue weighted by atomic mass is 9.90. The Bertz CT molecular complexity index is 661. The number of hydrogen-bond donors (Lipinski definition) is 2. The molecule has 0 saturated carbocycles. The van der Waals surface area contributed by atoms with E-state index in [0.717, 1.165) is 43.7 Å². The molecule has 3 rings (SSSR count). The van der Waals surface area contributed by atoms with Gasteiger partial charge in [0.05, 0.1) is 12.0 Å². The number of carbonyl (C=O) groups excluding carboxylic acids is 1. The molecule has 0 bridgehead atoms. The number of benzene rings is 1. The summed E-state index contributed by atoms with van der Waals surface area (Å²) in [6, 6.07) is 7.82. The van der Waals surface area contributed by atoms with Crippen molar-refractivity contribution in [3.63, 3.8) is 0 Å². The van der Waals surface area contributed by atoms with E-state index in [0.29, 0.717) is 12.3 Å². The van der Waals surface area contributed by atoms with Crippen LogP contribution in [0.2, 0.25) is 5.02 Å². The van der Waals surface area contributed by atoms with Crippen LogP contribution in [0.25, 0.3) is 0 Å². The molecule has 126 valence electrons. The van der Waals surface area contributed by atoms with Crippen LogP contribution in [0.4, 0.5) is 0 Å². The van der Waals surface area contributed by atoms with Crippen LogP contribution in [0.1, 0.15) is 39.1 Å². The molecule has 1 amide bonds. The van der Waals surface area contributed by atoms with Gasteiger partial charge < -0.3 is 10.3 Å². The topological polar surface area (TPSA) is 57.8 Å². The Balaban J connectivity index is 0.00000156. The van der Waals surface area contributed by atoms with Crippen molar-refractivity contribution in [1.29, 1.82) is 0 Å². The summed E-state index contributed by atoms with van der Waals surface area (Å²) in [5.41, 5.74) is 3.65. The first-order valence-corrected chi connectivity index (χ1v) is 8.61. The molecule has 1 aliphatic carbocycles. The van der Waals surface area contributed by atoms with Crippen molar-refractivity contribution in [2.45, 2.75) is 38.5 Å². The molecule has 23 heavy (non-hydrogen) atoms. The molecule has 1 unspecified atom stereocenters. The Labute approximate surface area is 144 Å². The smallest absolute Gasteiger partial charge is 0.220 e. The average molecular weight is 336 g/mol. The van der Waals surface area contributed by atoms with Gasteiger partial charge in [-0.05, 0) is 55.7 Å². The molecule has 1 aromatic carbocycles. The van der Waals surface area contributed by atoms with Gasteiger partial charge in [0.1, 0.15) is 0 Å². The first-order chi connectivity index (χ1) is 11.2. The number of aromatic amines is 1. The summed E-state index contributed by atoms with van der Waals surface area (Å²) in [5, 5.41) is 3.83. The fourth-order valence-electron chi connectivity index (χ4n) is 3.10. The minimum atomic E-state index is 0.